The molecule has 0 aromatic heterocycles. The first-order valence-electron chi connectivity index (χ1n) is 9.69. The van der Waals surface area contributed by atoms with Gasteiger partial charge in [-0.1, -0.05) is 26.2 Å². The minimum Gasteiger partial charge on any atom is -0.332 e. The van der Waals surface area contributed by atoms with Crippen molar-refractivity contribution in [3.05, 3.63) is 70.8 Å². The molecule has 0 radical (unpaired) electrons. The van der Waals surface area contributed by atoms with Crippen LogP contribution < -0.4 is 10.6 Å². The fourth-order valence-electron chi connectivity index (χ4n) is 2.83. The maximum Gasteiger partial charge on any atom is 0.252 e. The maximum absolute atomic E-state index is 12.6. The van der Waals surface area contributed by atoms with Crippen molar-refractivity contribution in [1.82, 2.24) is 10.6 Å². The van der Waals surface area contributed by atoms with E-state index in [1.165, 1.54) is 0 Å². The molecule has 2 amide bonds. The zero-order chi connectivity index (χ0) is 21.1. The van der Waals surface area contributed by atoms with Gasteiger partial charge in [0.15, 0.2) is 0 Å². The highest BCUT2D eigenvalue weighted by Crippen LogP contribution is 2.09. The molecule has 0 saturated heterocycles. The number of carbonyl (C=O) groups is 2. The first-order chi connectivity index (χ1) is 14.1. The second kappa shape index (κ2) is 11.3. The number of hydrogen-bond acceptors (Lipinski definition) is 4. The third-order valence-electron chi connectivity index (χ3n) is 4.51. The van der Waals surface area contributed by atoms with Gasteiger partial charge in [0.2, 0.25) is 0 Å². The quantitative estimate of drug-likeness (QED) is 0.502. The molecule has 6 heteroatoms. The van der Waals surface area contributed by atoms with Crippen molar-refractivity contribution in [3.63, 3.8) is 0 Å². The molecule has 0 bridgehead atoms. The Bertz CT molecular complexity index is 834. The van der Waals surface area contributed by atoms with Gasteiger partial charge >= 0.3 is 0 Å². The molecular formula is C23H24N4O2. The summed E-state index contributed by atoms with van der Waals surface area (Å²) in [6.07, 6.45) is 4.19. The van der Waals surface area contributed by atoms with Gasteiger partial charge in [0.1, 0.15) is 6.17 Å². The van der Waals surface area contributed by atoms with E-state index in [4.69, 9.17) is 10.5 Å². The van der Waals surface area contributed by atoms with E-state index in [-0.39, 0.29) is 11.8 Å². The lowest BCUT2D eigenvalue weighted by Gasteiger charge is -2.20. The average Bonchev–Trinajstić information content (AvgIpc) is 2.76. The molecule has 148 valence electrons. The van der Waals surface area contributed by atoms with Gasteiger partial charge in [-0.15, -0.1) is 0 Å². The summed E-state index contributed by atoms with van der Waals surface area (Å²) >= 11 is 0. The molecular weight excluding hydrogens is 364 g/mol. The Kier molecular flexibility index (Phi) is 8.41. The standard InChI is InChI=1S/C23H24N4O2/c1-2-3-4-5-6-21(26-22(28)19-11-7-17(15-24)8-12-19)27-23(29)20-13-9-18(16-25)10-14-20/h7-14,21H,2-6H2,1H3,(H,26,28)(H,27,29). The highest BCUT2D eigenvalue weighted by atomic mass is 16.2. The second-order valence-electron chi connectivity index (χ2n) is 6.73. The van der Waals surface area contributed by atoms with Crippen LogP contribution in [0.1, 0.15) is 70.9 Å². The Labute approximate surface area is 171 Å². The molecule has 0 aliphatic rings. The normalized spacial score (nSPS) is 10.1. The molecule has 0 spiro atoms. The van der Waals surface area contributed by atoms with Crippen LogP contribution in [-0.2, 0) is 0 Å². The molecule has 2 aromatic rings. The largest absolute Gasteiger partial charge is 0.332 e. The molecule has 0 fully saturated rings. The minimum atomic E-state index is -0.516. The van der Waals surface area contributed by atoms with Crippen LogP contribution in [0.15, 0.2) is 48.5 Å². The molecule has 2 rings (SSSR count). The number of rotatable bonds is 9. The molecule has 0 aliphatic carbocycles. The summed E-state index contributed by atoms with van der Waals surface area (Å²) < 4.78 is 0. The van der Waals surface area contributed by atoms with Gasteiger partial charge in [0.25, 0.3) is 11.8 Å². The Hall–Kier alpha value is -3.64. The van der Waals surface area contributed by atoms with Gasteiger partial charge in [-0.05, 0) is 61.4 Å². The van der Waals surface area contributed by atoms with E-state index in [9.17, 15) is 9.59 Å². The van der Waals surface area contributed by atoms with Crippen molar-refractivity contribution in [2.45, 2.75) is 45.2 Å². The third kappa shape index (κ3) is 6.79. The number of carbonyl (C=O) groups excluding carboxylic acids is 2. The molecule has 0 aliphatic heterocycles. The predicted octanol–water partition coefficient (Wildman–Crippen LogP) is 3.89. The molecule has 0 heterocycles. The van der Waals surface area contributed by atoms with Crippen LogP contribution in [0.3, 0.4) is 0 Å². The Morgan fingerprint density at radius 1 is 0.793 bits per heavy atom. The Balaban J connectivity index is 2.06. The number of hydrogen-bond donors (Lipinski definition) is 2. The average molecular weight is 388 g/mol. The molecule has 0 atom stereocenters. The van der Waals surface area contributed by atoms with E-state index in [0.29, 0.717) is 28.7 Å². The Morgan fingerprint density at radius 3 is 1.62 bits per heavy atom. The molecule has 6 nitrogen and oxygen atoms in total. The Morgan fingerprint density at radius 2 is 1.24 bits per heavy atom. The topological polar surface area (TPSA) is 106 Å². The fraction of sp³-hybridized carbons (Fsp3) is 0.304. The van der Waals surface area contributed by atoms with Crippen molar-refractivity contribution >= 4 is 11.8 Å². The smallest absolute Gasteiger partial charge is 0.252 e. The molecule has 2 N–H and O–H groups in total. The SMILES string of the molecule is CCCCCCC(NC(=O)c1ccc(C#N)cc1)NC(=O)c1ccc(C#N)cc1. The predicted molar refractivity (Wildman–Crippen MR) is 110 cm³/mol. The van der Waals surface area contributed by atoms with Gasteiger partial charge in [0, 0.05) is 11.1 Å². The zero-order valence-corrected chi connectivity index (χ0v) is 16.4. The molecule has 0 unspecified atom stereocenters. The highest BCUT2D eigenvalue weighted by Gasteiger charge is 2.17. The van der Waals surface area contributed by atoms with Crippen molar-refractivity contribution in [2.75, 3.05) is 0 Å². The van der Waals surface area contributed by atoms with E-state index in [0.717, 1.165) is 25.7 Å². The molecule has 2 aromatic carbocycles. The minimum absolute atomic E-state index is 0.310. The van der Waals surface area contributed by atoms with E-state index < -0.39 is 6.17 Å². The van der Waals surface area contributed by atoms with Crippen molar-refractivity contribution < 1.29 is 9.59 Å². The van der Waals surface area contributed by atoms with Gasteiger partial charge < -0.3 is 10.6 Å². The second-order valence-corrected chi connectivity index (χ2v) is 6.73. The van der Waals surface area contributed by atoms with Crippen molar-refractivity contribution in [2.24, 2.45) is 0 Å². The van der Waals surface area contributed by atoms with Crippen LogP contribution in [0.25, 0.3) is 0 Å². The first kappa shape index (κ1) is 21.7. The lowest BCUT2D eigenvalue weighted by molar-refractivity contribution is 0.0879. The van der Waals surface area contributed by atoms with Gasteiger partial charge in [-0.25, -0.2) is 0 Å². The number of nitriles is 2. The third-order valence-corrected chi connectivity index (χ3v) is 4.51. The summed E-state index contributed by atoms with van der Waals surface area (Å²) in [5.74, 6) is -0.620. The lowest BCUT2D eigenvalue weighted by atomic mass is 10.1. The summed E-state index contributed by atoms with van der Waals surface area (Å²) in [4.78, 5) is 25.1. The lowest BCUT2D eigenvalue weighted by Crippen LogP contribution is -2.48. The summed E-state index contributed by atoms with van der Waals surface area (Å²) in [5.41, 5.74) is 1.81. The number of nitrogens with zero attached hydrogens (tertiary/aromatic N) is 2. The van der Waals surface area contributed by atoms with Gasteiger partial charge in [-0.3, -0.25) is 9.59 Å². The highest BCUT2D eigenvalue weighted by molar-refractivity contribution is 5.96. The number of unbranched alkanes of at least 4 members (excludes halogenated alkanes) is 3. The van der Waals surface area contributed by atoms with E-state index in [1.807, 2.05) is 12.1 Å². The summed E-state index contributed by atoms with van der Waals surface area (Å²) in [5, 5.41) is 23.5. The van der Waals surface area contributed by atoms with Crippen LogP contribution in [-0.4, -0.2) is 18.0 Å². The van der Waals surface area contributed by atoms with E-state index >= 15 is 0 Å². The van der Waals surface area contributed by atoms with E-state index in [1.54, 1.807) is 48.5 Å². The summed E-state index contributed by atoms with van der Waals surface area (Å²) in [6.45, 7) is 2.12. The summed E-state index contributed by atoms with van der Waals surface area (Å²) in [7, 11) is 0. The van der Waals surface area contributed by atoms with Crippen LogP contribution in [0.2, 0.25) is 0 Å². The molecule has 29 heavy (non-hydrogen) atoms. The fourth-order valence-corrected chi connectivity index (χ4v) is 2.83. The van der Waals surface area contributed by atoms with Crippen LogP contribution in [0.4, 0.5) is 0 Å². The maximum atomic E-state index is 12.6. The summed E-state index contributed by atoms with van der Waals surface area (Å²) in [6, 6.07) is 16.7. The van der Waals surface area contributed by atoms with Crippen molar-refractivity contribution in [1.29, 1.82) is 10.5 Å². The van der Waals surface area contributed by atoms with Crippen LogP contribution in [0.5, 0.6) is 0 Å². The van der Waals surface area contributed by atoms with Gasteiger partial charge in [0.05, 0.1) is 23.3 Å². The van der Waals surface area contributed by atoms with E-state index in [2.05, 4.69) is 17.6 Å². The monoisotopic (exact) mass is 388 g/mol. The first-order valence-corrected chi connectivity index (χ1v) is 9.69. The number of benzene rings is 2. The number of amides is 2. The van der Waals surface area contributed by atoms with Crippen LogP contribution >= 0.6 is 0 Å². The number of nitrogens with one attached hydrogen (secondary N) is 2. The van der Waals surface area contributed by atoms with Crippen LogP contribution in [0, 0.1) is 22.7 Å². The molecule has 0 saturated carbocycles. The zero-order valence-electron chi connectivity index (χ0n) is 16.4. The van der Waals surface area contributed by atoms with Crippen molar-refractivity contribution in [3.8, 4) is 12.1 Å². The van der Waals surface area contributed by atoms with Gasteiger partial charge in [-0.2, -0.15) is 10.5 Å².